The first-order valence-electron chi connectivity index (χ1n) is 7.25. The Labute approximate surface area is 111 Å². The molecule has 18 heavy (non-hydrogen) atoms. The monoisotopic (exact) mass is 247 g/mol. The molecule has 1 saturated carbocycles. The van der Waals surface area contributed by atoms with Gasteiger partial charge in [-0.25, -0.2) is 0 Å². The summed E-state index contributed by atoms with van der Waals surface area (Å²) in [7, 11) is 0. The lowest BCUT2D eigenvalue weighted by atomic mass is 9.86. The first-order chi connectivity index (χ1) is 8.79. The average Bonchev–Trinajstić information content (AvgIpc) is 2.34. The summed E-state index contributed by atoms with van der Waals surface area (Å²) in [5.41, 5.74) is 1.31. The van der Waals surface area contributed by atoms with Gasteiger partial charge in [0.15, 0.2) is 0 Å². The molecule has 0 heterocycles. The molecular weight excluding hydrogens is 222 g/mol. The van der Waals surface area contributed by atoms with Gasteiger partial charge in [-0.2, -0.15) is 0 Å². The molecule has 0 aromatic heterocycles. The van der Waals surface area contributed by atoms with Crippen molar-refractivity contribution < 1.29 is 4.74 Å². The molecule has 1 aromatic carbocycles. The van der Waals surface area contributed by atoms with Gasteiger partial charge in [-0.05, 0) is 56.3 Å². The minimum Gasteiger partial charge on any atom is -0.493 e. The number of rotatable bonds is 7. The van der Waals surface area contributed by atoms with Gasteiger partial charge in [0, 0.05) is 6.04 Å². The van der Waals surface area contributed by atoms with E-state index in [1.807, 2.05) is 0 Å². The minimum atomic E-state index is 0.400. The van der Waals surface area contributed by atoms with Crippen LogP contribution in [0, 0.1) is 5.92 Å². The fourth-order valence-electron chi connectivity index (χ4n) is 2.23. The molecule has 1 aliphatic carbocycles. The molecule has 1 aromatic rings. The Kier molecular flexibility index (Phi) is 5.06. The standard InChI is InChI=1S/C16H25NO/c1-3-10-17-13(2)15-8-5-9-16(11-15)18-12-14-6-4-7-14/h5,8-9,11,13-14,17H,3-4,6-7,10,12H2,1-2H3. The van der Waals surface area contributed by atoms with E-state index in [9.17, 15) is 0 Å². The number of benzene rings is 1. The van der Waals surface area contributed by atoms with E-state index in [1.165, 1.54) is 31.2 Å². The van der Waals surface area contributed by atoms with Gasteiger partial charge in [-0.15, -0.1) is 0 Å². The van der Waals surface area contributed by atoms with Crippen LogP contribution in [0.15, 0.2) is 24.3 Å². The summed E-state index contributed by atoms with van der Waals surface area (Å²) >= 11 is 0. The summed E-state index contributed by atoms with van der Waals surface area (Å²) in [4.78, 5) is 0. The van der Waals surface area contributed by atoms with Gasteiger partial charge in [0.2, 0.25) is 0 Å². The van der Waals surface area contributed by atoms with E-state index < -0.39 is 0 Å². The van der Waals surface area contributed by atoms with Crippen molar-refractivity contribution in [3.63, 3.8) is 0 Å². The van der Waals surface area contributed by atoms with Gasteiger partial charge in [-0.1, -0.05) is 25.5 Å². The summed E-state index contributed by atoms with van der Waals surface area (Å²) in [5, 5.41) is 3.51. The van der Waals surface area contributed by atoms with Crippen molar-refractivity contribution in [2.24, 2.45) is 5.92 Å². The Morgan fingerprint density at radius 3 is 2.89 bits per heavy atom. The Balaban J connectivity index is 1.87. The van der Waals surface area contributed by atoms with Gasteiger partial charge in [0.25, 0.3) is 0 Å². The molecule has 0 aliphatic heterocycles. The third-order valence-corrected chi connectivity index (χ3v) is 3.77. The number of hydrogen-bond acceptors (Lipinski definition) is 2. The lowest BCUT2D eigenvalue weighted by Gasteiger charge is -2.25. The van der Waals surface area contributed by atoms with E-state index in [0.29, 0.717) is 6.04 Å². The highest BCUT2D eigenvalue weighted by atomic mass is 16.5. The third-order valence-electron chi connectivity index (χ3n) is 3.77. The summed E-state index contributed by atoms with van der Waals surface area (Å²) in [6.07, 6.45) is 5.23. The molecule has 0 spiro atoms. The zero-order chi connectivity index (χ0) is 12.8. The second-order valence-corrected chi connectivity index (χ2v) is 5.36. The molecule has 1 atom stereocenters. The SMILES string of the molecule is CCCNC(C)c1cccc(OCC2CCC2)c1. The van der Waals surface area contributed by atoms with Crippen LogP contribution in [0.25, 0.3) is 0 Å². The average molecular weight is 247 g/mol. The molecule has 100 valence electrons. The van der Waals surface area contributed by atoms with E-state index in [4.69, 9.17) is 4.74 Å². The molecule has 2 heteroatoms. The Morgan fingerprint density at radius 2 is 2.22 bits per heavy atom. The number of ether oxygens (including phenoxy) is 1. The second kappa shape index (κ2) is 6.79. The van der Waals surface area contributed by atoms with Crippen LogP contribution in [-0.4, -0.2) is 13.2 Å². The van der Waals surface area contributed by atoms with Crippen LogP contribution in [0.5, 0.6) is 5.75 Å². The van der Waals surface area contributed by atoms with Gasteiger partial charge in [-0.3, -0.25) is 0 Å². The van der Waals surface area contributed by atoms with Crippen LogP contribution in [0.2, 0.25) is 0 Å². The van der Waals surface area contributed by atoms with Crippen molar-refractivity contribution in [2.45, 2.75) is 45.6 Å². The largest absolute Gasteiger partial charge is 0.493 e. The van der Waals surface area contributed by atoms with Gasteiger partial charge in [0.1, 0.15) is 5.75 Å². The molecule has 2 rings (SSSR count). The maximum atomic E-state index is 5.88. The topological polar surface area (TPSA) is 21.3 Å². The zero-order valence-electron chi connectivity index (χ0n) is 11.6. The molecular formula is C16H25NO. The van der Waals surface area contributed by atoms with Gasteiger partial charge >= 0.3 is 0 Å². The quantitative estimate of drug-likeness (QED) is 0.788. The maximum Gasteiger partial charge on any atom is 0.119 e. The van der Waals surface area contributed by atoms with E-state index >= 15 is 0 Å². The molecule has 1 unspecified atom stereocenters. The predicted octanol–water partition coefficient (Wildman–Crippen LogP) is 3.93. The van der Waals surface area contributed by atoms with E-state index in [0.717, 1.165) is 24.8 Å². The predicted molar refractivity (Wildman–Crippen MR) is 76.0 cm³/mol. The lowest BCUT2D eigenvalue weighted by Crippen LogP contribution is -2.20. The molecule has 0 saturated heterocycles. The molecule has 0 amide bonds. The van der Waals surface area contributed by atoms with Crippen molar-refractivity contribution >= 4 is 0 Å². The summed E-state index contributed by atoms with van der Waals surface area (Å²) in [6, 6.07) is 8.90. The highest BCUT2D eigenvalue weighted by molar-refractivity contribution is 5.30. The van der Waals surface area contributed by atoms with Crippen LogP contribution in [0.1, 0.15) is 51.1 Å². The Bertz CT molecular complexity index is 360. The molecule has 2 nitrogen and oxygen atoms in total. The lowest BCUT2D eigenvalue weighted by molar-refractivity contribution is 0.180. The van der Waals surface area contributed by atoms with E-state index in [2.05, 4.69) is 43.4 Å². The van der Waals surface area contributed by atoms with Gasteiger partial charge < -0.3 is 10.1 Å². The summed E-state index contributed by atoms with van der Waals surface area (Å²) < 4.78 is 5.88. The van der Waals surface area contributed by atoms with Crippen LogP contribution in [-0.2, 0) is 0 Å². The molecule has 0 bridgehead atoms. The Morgan fingerprint density at radius 1 is 1.39 bits per heavy atom. The molecule has 0 radical (unpaired) electrons. The number of nitrogens with one attached hydrogen (secondary N) is 1. The minimum absolute atomic E-state index is 0.400. The Hall–Kier alpha value is -1.02. The summed E-state index contributed by atoms with van der Waals surface area (Å²) in [6.45, 7) is 6.35. The zero-order valence-corrected chi connectivity index (χ0v) is 11.6. The van der Waals surface area contributed by atoms with E-state index in [-0.39, 0.29) is 0 Å². The molecule has 1 aliphatic rings. The van der Waals surface area contributed by atoms with Crippen LogP contribution in [0.4, 0.5) is 0 Å². The van der Waals surface area contributed by atoms with Crippen LogP contribution in [0.3, 0.4) is 0 Å². The third kappa shape index (κ3) is 3.74. The van der Waals surface area contributed by atoms with Crippen molar-refractivity contribution in [2.75, 3.05) is 13.2 Å². The highest BCUT2D eigenvalue weighted by Crippen LogP contribution is 2.27. The van der Waals surface area contributed by atoms with E-state index in [1.54, 1.807) is 0 Å². The highest BCUT2D eigenvalue weighted by Gasteiger charge is 2.17. The van der Waals surface area contributed by atoms with Crippen molar-refractivity contribution in [3.05, 3.63) is 29.8 Å². The normalized spacial score (nSPS) is 17.2. The molecule has 1 fully saturated rings. The first-order valence-corrected chi connectivity index (χ1v) is 7.25. The maximum absolute atomic E-state index is 5.88. The first kappa shape index (κ1) is 13.4. The number of hydrogen-bond donors (Lipinski definition) is 1. The fraction of sp³-hybridized carbons (Fsp3) is 0.625. The van der Waals surface area contributed by atoms with Crippen LogP contribution >= 0.6 is 0 Å². The van der Waals surface area contributed by atoms with Crippen molar-refractivity contribution in [1.29, 1.82) is 0 Å². The van der Waals surface area contributed by atoms with Crippen molar-refractivity contribution in [1.82, 2.24) is 5.32 Å². The second-order valence-electron chi connectivity index (χ2n) is 5.36. The van der Waals surface area contributed by atoms with Crippen molar-refractivity contribution in [3.8, 4) is 5.75 Å². The fourth-order valence-corrected chi connectivity index (χ4v) is 2.23. The van der Waals surface area contributed by atoms with Gasteiger partial charge in [0.05, 0.1) is 6.61 Å². The summed E-state index contributed by atoms with van der Waals surface area (Å²) in [5.74, 6) is 1.81. The molecule has 1 N–H and O–H groups in total. The smallest absolute Gasteiger partial charge is 0.119 e. The van der Waals surface area contributed by atoms with Crippen LogP contribution < -0.4 is 10.1 Å².